The number of aromatic nitrogens is 2. The maximum Gasteiger partial charge on any atom is 0.211 e. The Kier molecular flexibility index (Phi) is 4.71. The Morgan fingerprint density at radius 3 is 2.80 bits per heavy atom. The van der Waals surface area contributed by atoms with Gasteiger partial charge in [0.2, 0.25) is 4.80 Å². The molecular weight excluding hydrogens is 396 g/mol. The van der Waals surface area contributed by atoms with Crippen molar-refractivity contribution in [1.82, 2.24) is 9.66 Å². The largest absolute Gasteiger partial charge is 0.508 e. The van der Waals surface area contributed by atoms with E-state index in [1.807, 2.05) is 53.9 Å². The predicted molar refractivity (Wildman–Crippen MR) is 118 cm³/mol. The maximum absolute atomic E-state index is 9.73. The summed E-state index contributed by atoms with van der Waals surface area (Å²) in [5.74, 6) is 0.889. The summed E-state index contributed by atoms with van der Waals surface area (Å²) in [6.07, 6.45) is 5.09. The summed E-state index contributed by atoms with van der Waals surface area (Å²) in [6.45, 7) is 0. The summed E-state index contributed by atoms with van der Waals surface area (Å²) in [6, 6.07) is 20.5. The number of nitrogens with zero attached hydrogens (tertiary/aromatic N) is 4. The van der Waals surface area contributed by atoms with Crippen LogP contribution in [0.1, 0.15) is 5.56 Å². The van der Waals surface area contributed by atoms with Gasteiger partial charge in [-0.2, -0.15) is 5.10 Å². The summed E-state index contributed by atoms with van der Waals surface area (Å²) in [7, 11) is 0. The molecule has 0 saturated heterocycles. The van der Waals surface area contributed by atoms with Crippen LogP contribution in [0.4, 0.5) is 5.69 Å². The second-order valence-electron chi connectivity index (χ2n) is 6.53. The lowest BCUT2D eigenvalue weighted by Crippen LogP contribution is -2.11. The number of para-hydroxylation sites is 1. The second kappa shape index (κ2) is 7.81. The van der Waals surface area contributed by atoms with Gasteiger partial charge in [0.25, 0.3) is 0 Å². The van der Waals surface area contributed by atoms with Crippen LogP contribution in [0, 0.1) is 0 Å². The van der Waals surface area contributed by atoms with Crippen LogP contribution in [0.2, 0.25) is 0 Å². The topological polar surface area (TPSA) is 75.9 Å². The lowest BCUT2D eigenvalue weighted by atomic mass is 10.2. The van der Waals surface area contributed by atoms with E-state index < -0.39 is 0 Å². The molecule has 0 aliphatic heterocycles. The lowest BCUT2D eigenvalue weighted by Gasteiger charge is -2.01. The molecule has 0 bridgehead atoms. The fourth-order valence-corrected chi connectivity index (χ4v) is 3.86. The predicted octanol–water partition coefficient (Wildman–Crippen LogP) is 5.18. The molecule has 146 valence electrons. The Labute approximate surface area is 175 Å². The standard InChI is InChI=1S/C23H16N4O2S/c28-19-8-3-5-16(11-19)13-25-27-20(22-12-17-6-1-2-9-21(17)29-22)15-30-23(27)26-18-7-4-10-24-14-18/h1-15,28H. The molecule has 3 heterocycles. The number of thiazole rings is 1. The van der Waals surface area contributed by atoms with Crippen molar-refractivity contribution in [1.29, 1.82) is 0 Å². The molecule has 0 spiro atoms. The zero-order chi connectivity index (χ0) is 20.3. The van der Waals surface area contributed by atoms with Gasteiger partial charge in [0.1, 0.15) is 17.0 Å². The normalized spacial score (nSPS) is 12.2. The Balaban J connectivity index is 1.66. The Hall–Kier alpha value is -3.97. The summed E-state index contributed by atoms with van der Waals surface area (Å²) in [4.78, 5) is 9.49. The molecule has 5 aromatic rings. The second-order valence-corrected chi connectivity index (χ2v) is 7.36. The van der Waals surface area contributed by atoms with Gasteiger partial charge in [0.15, 0.2) is 5.76 Å². The molecule has 0 amide bonds. The third-order valence-corrected chi connectivity index (χ3v) is 5.24. The van der Waals surface area contributed by atoms with E-state index >= 15 is 0 Å². The first-order chi connectivity index (χ1) is 14.8. The number of furan rings is 1. The molecule has 7 heteroatoms. The highest BCUT2D eigenvalue weighted by Gasteiger charge is 2.13. The van der Waals surface area contributed by atoms with Gasteiger partial charge in [-0.25, -0.2) is 9.67 Å². The van der Waals surface area contributed by atoms with Crippen LogP contribution in [-0.2, 0) is 0 Å². The first-order valence-corrected chi connectivity index (χ1v) is 10.1. The number of hydrogen-bond donors (Lipinski definition) is 1. The summed E-state index contributed by atoms with van der Waals surface area (Å²) >= 11 is 1.46. The first-order valence-electron chi connectivity index (χ1n) is 9.24. The summed E-state index contributed by atoms with van der Waals surface area (Å²) < 4.78 is 7.78. The zero-order valence-corrected chi connectivity index (χ0v) is 16.5. The van der Waals surface area contributed by atoms with Crippen molar-refractivity contribution in [3.63, 3.8) is 0 Å². The number of phenolic OH excluding ortho intramolecular Hbond substituents is 1. The third-order valence-electron chi connectivity index (χ3n) is 4.43. The van der Waals surface area contributed by atoms with Crippen molar-refractivity contribution >= 4 is 34.2 Å². The average molecular weight is 412 g/mol. The van der Waals surface area contributed by atoms with Crippen LogP contribution in [-0.4, -0.2) is 21.0 Å². The van der Waals surface area contributed by atoms with Crippen molar-refractivity contribution in [3.05, 3.63) is 94.9 Å². The van der Waals surface area contributed by atoms with Gasteiger partial charge in [-0.05, 0) is 42.0 Å². The molecular formula is C23H16N4O2S. The van der Waals surface area contributed by atoms with Crippen molar-refractivity contribution in [3.8, 4) is 17.2 Å². The minimum absolute atomic E-state index is 0.187. The monoisotopic (exact) mass is 412 g/mol. The zero-order valence-electron chi connectivity index (χ0n) is 15.7. The number of phenols is 1. The minimum Gasteiger partial charge on any atom is -0.508 e. The van der Waals surface area contributed by atoms with E-state index in [0.29, 0.717) is 10.6 Å². The van der Waals surface area contributed by atoms with Crippen LogP contribution in [0.25, 0.3) is 22.4 Å². The molecule has 6 nitrogen and oxygen atoms in total. The van der Waals surface area contributed by atoms with Gasteiger partial charge in [0.05, 0.1) is 18.1 Å². The molecule has 3 aromatic heterocycles. The molecule has 5 rings (SSSR count). The number of rotatable bonds is 4. The first kappa shape index (κ1) is 18.1. The van der Waals surface area contributed by atoms with Crippen LogP contribution in [0.3, 0.4) is 0 Å². The van der Waals surface area contributed by atoms with E-state index in [1.54, 1.807) is 41.5 Å². The SMILES string of the molecule is Oc1cccc(C=Nn2c(-c3cc4ccccc4o3)csc2=Nc2cccnc2)c1. The number of pyridine rings is 1. The van der Waals surface area contributed by atoms with Crippen molar-refractivity contribution in [2.75, 3.05) is 0 Å². The molecule has 0 aliphatic carbocycles. The van der Waals surface area contributed by atoms with Crippen molar-refractivity contribution < 1.29 is 9.52 Å². The van der Waals surface area contributed by atoms with Crippen LogP contribution < -0.4 is 4.80 Å². The van der Waals surface area contributed by atoms with Crippen molar-refractivity contribution in [2.24, 2.45) is 10.1 Å². The molecule has 0 saturated carbocycles. The fraction of sp³-hybridized carbons (Fsp3) is 0. The van der Waals surface area contributed by atoms with Gasteiger partial charge < -0.3 is 9.52 Å². The Bertz CT molecular complexity index is 1380. The van der Waals surface area contributed by atoms with Gasteiger partial charge in [-0.3, -0.25) is 4.98 Å². The molecule has 0 radical (unpaired) electrons. The highest BCUT2D eigenvalue weighted by Crippen LogP contribution is 2.28. The number of aromatic hydroxyl groups is 1. The molecule has 0 aliphatic rings. The van der Waals surface area contributed by atoms with E-state index in [1.165, 1.54) is 11.3 Å². The van der Waals surface area contributed by atoms with Crippen LogP contribution >= 0.6 is 11.3 Å². The third kappa shape index (κ3) is 3.66. The van der Waals surface area contributed by atoms with Gasteiger partial charge in [0, 0.05) is 17.0 Å². The summed E-state index contributed by atoms with van der Waals surface area (Å²) in [5, 5.41) is 17.3. The van der Waals surface area contributed by atoms with Crippen LogP contribution in [0.15, 0.2) is 99.0 Å². The van der Waals surface area contributed by atoms with E-state index in [0.717, 1.165) is 27.9 Å². The molecule has 2 aromatic carbocycles. The average Bonchev–Trinajstić information content (AvgIpc) is 3.37. The van der Waals surface area contributed by atoms with Gasteiger partial charge >= 0.3 is 0 Å². The molecule has 1 N–H and O–H groups in total. The number of hydrogen-bond acceptors (Lipinski definition) is 6. The Morgan fingerprint density at radius 1 is 1.03 bits per heavy atom. The van der Waals surface area contributed by atoms with Crippen LogP contribution in [0.5, 0.6) is 5.75 Å². The van der Waals surface area contributed by atoms with E-state index in [4.69, 9.17) is 4.42 Å². The van der Waals surface area contributed by atoms with E-state index in [9.17, 15) is 5.11 Å². The highest BCUT2D eigenvalue weighted by atomic mass is 32.1. The fourth-order valence-electron chi connectivity index (χ4n) is 3.03. The van der Waals surface area contributed by atoms with E-state index in [-0.39, 0.29) is 5.75 Å². The number of fused-ring (bicyclic) bond motifs is 1. The highest BCUT2D eigenvalue weighted by molar-refractivity contribution is 7.07. The van der Waals surface area contributed by atoms with Gasteiger partial charge in [-0.1, -0.05) is 30.3 Å². The summed E-state index contributed by atoms with van der Waals surface area (Å²) in [5.41, 5.74) is 3.11. The Morgan fingerprint density at radius 2 is 1.97 bits per heavy atom. The molecule has 30 heavy (non-hydrogen) atoms. The molecule has 0 atom stereocenters. The molecule has 0 unspecified atom stereocenters. The minimum atomic E-state index is 0.187. The lowest BCUT2D eigenvalue weighted by molar-refractivity contribution is 0.475. The molecule has 0 fully saturated rings. The quantitative estimate of drug-likeness (QED) is 0.413. The number of benzene rings is 2. The maximum atomic E-state index is 9.73. The van der Waals surface area contributed by atoms with E-state index in [2.05, 4.69) is 15.1 Å². The van der Waals surface area contributed by atoms with Gasteiger partial charge in [-0.15, -0.1) is 11.3 Å². The van der Waals surface area contributed by atoms with Crippen molar-refractivity contribution in [2.45, 2.75) is 0 Å². The smallest absolute Gasteiger partial charge is 0.211 e.